The summed E-state index contributed by atoms with van der Waals surface area (Å²) in [6.07, 6.45) is 0. The van der Waals surface area contributed by atoms with Gasteiger partial charge in [0.15, 0.2) is 11.5 Å². The van der Waals surface area contributed by atoms with Crippen molar-refractivity contribution in [2.45, 2.75) is 6.54 Å². The van der Waals surface area contributed by atoms with E-state index in [1.807, 2.05) is 0 Å². The predicted molar refractivity (Wildman–Crippen MR) is 58.4 cm³/mol. The number of halogens is 1. The number of hydrogen-bond donors (Lipinski definition) is 1. The van der Waals surface area contributed by atoms with E-state index in [2.05, 4.69) is 21.2 Å². The summed E-state index contributed by atoms with van der Waals surface area (Å²) in [5.74, 6) is 0.923. The number of nitrogens with one attached hydrogen (secondary N) is 1. The van der Waals surface area contributed by atoms with Crippen molar-refractivity contribution >= 4 is 21.8 Å². The number of amides is 1. The third kappa shape index (κ3) is 1.47. The standard InChI is InChI=1S/C10H10BrNO3/c1-14-7-3-6(11)5-4-12-10(13)8(5)9(7)15-2/h3H,4H2,1-2H3,(H,12,13). The largest absolute Gasteiger partial charge is 0.493 e. The molecule has 15 heavy (non-hydrogen) atoms. The molecule has 0 saturated heterocycles. The van der Waals surface area contributed by atoms with Crippen molar-refractivity contribution in [3.8, 4) is 11.5 Å². The zero-order valence-corrected chi connectivity index (χ0v) is 9.97. The lowest BCUT2D eigenvalue weighted by Crippen LogP contribution is -2.13. The van der Waals surface area contributed by atoms with Crippen LogP contribution in [0.4, 0.5) is 0 Å². The van der Waals surface area contributed by atoms with E-state index in [1.165, 1.54) is 7.11 Å². The van der Waals surface area contributed by atoms with Gasteiger partial charge in [-0.25, -0.2) is 0 Å². The third-order valence-electron chi connectivity index (χ3n) is 2.38. The number of fused-ring (bicyclic) bond motifs is 1. The fraction of sp³-hybridized carbons (Fsp3) is 0.300. The van der Waals surface area contributed by atoms with Crippen LogP contribution in [0, 0.1) is 0 Å². The first kappa shape index (κ1) is 10.3. The van der Waals surface area contributed by atoms with Crippen molar-refractivity contribution in [2.24, 2.45) is 0 Å². The highest BCUT2D eigenvalue weighted by Crippen LogP contribution is 2.40. The molecule has 1 N–H and O–H groups in total. The van der Waals surface area contributed by atoms with E-state index in [1.54, 1.807) is 13.2 Å². The summed E-state index contributed by atoms with van der Waals surface area (Å²) in [6, 6.07) is 1.80. The first-order valence-corrected chi connectivity index (χ1v) is 5.20. The minimum absolute atomic E-state index is 0.124. The maximum Gasteiger partial charge on any atom is 0.255 e. The van der Waals surface area contributed by atoms with Gasteiger partial charge in [-0.1, -0.05) is 15.9 Å². The van der Waals surface area contributed by atoms with E-state index < -0.39 is 0 Å². The number of benzene rings is 1. The molecule has 1 aromatic carbocycles. The van der Waals surface area contributed by atoms with Gasteiger partial charge in [0.2, 0.25) is 0 Å². The number of rotatable bonds is 2. The van der Waals surface area contributed by atoms with Crippen molar-refractivity contribution < 1.29 is 14.3 Å². The van der Waals surface area contributed by atoms with Crippen LogP contribution in [0.5, 0.6) is 11.5 Å². The van der Waals surface area contributed by atoms with Gasteiger partial charge in [-0.3, -0.25) is 4.79 Å². The van der Waals surface area contributed by atoms with Gasteiger partial charge in [0.1, 0.15) is 0 Å². The van der Waals surface area contributed by atoms with Gasteiger partial charge in [-0.2, -0.15) is 0 Å². The van der Waals surface area contributed by atoms with E-state index in [-0.39, 0.29) is 5.91 Å². The maximum absolute atomic E-state index is 11.6. The van der Waals surface area contributed by atoms with Gasteiger partial charge < -0.3 is 14.8 Å². The molecule has 0 aromatic heterocycles. The summed E-state index contributed by atoms with van der Waals surface area (Å²) in [4.78, 5) is 11.6. The van der Waals surface area contributed by atoms with E-state index >= 15 is 0 Å². The normalized spacial score (nSPS) is 13.4. The molecule has 0 bridgehead atoms. The molecular weight excluding hydrogens is 262 g/mol. The molecule has 0 atom stereocenters. The Morgan fingerprint density at radius 2 is 2.13 bits per heavy atom. The summed E-state index contributed by atoms with van der Waals surface area (Å²) in [5.41, 5.74) is 1.47. The number of methoxy groups -OCH3 is 2. The van der Waals surface area contributed by atoms with Crippen LogP contribution >= 0.6 is 15.9 Å². The molecule has 1 aliphatic rings. The second-order valence-corrected chi connectivity index (χ2v) is 3.98. The molecule has 1 heterocycles. The average Bonchev–Trinajstić information content (AvgIpc) is 2.61. The van der Waals surface area contributed by atoms with Crippen LogP contribution in [-0.2, 0) is 6.54 Å². The molecule has 2 rings (SSSR count). The lowest BCUT2D eigenvalue weighted by Gasteiger charge is -2.11. The van der Waals surface area contributed by atoms with E-state index in [0.29, 0.717) is 23.6 Å². The Morgan fingerprint density at radius 3 is 2.73 bits per heavy atom. The molecule has 0 unspecified atom stereocenters. The first-order valence-electron chi connectivity index (χ1n) is 4.40. The van der Waals surface area contributed by atoms with Crippen LogP contribution < -0.4 is 14.8 Å². The topological polar surface area (TPSA) is 47.6 Å². The van der Waals surface area contributed by atoms with Crippen molar-refractivity contribution in [1.29, 1.82) is 0 Å². The Kier molecular flexibility index (Phi) is 2.56. The van der Waals surface area contributed by atoms with Crippen LogP contribution in [0.3, 0.4) is 0 Å². The number of ether oxygens (including phenoxy) is 2. The van der Waals surface area contributed by atoms with E-state index in [9.17, 15) is 4.79 Å². The lowest BCUT2D eigenvalue weighted by atomic mass is 10.1. The molecule has 0 saturated carbocycles. The Morgan fingerprint density at radius 1 is 1.40 bits per heavy atom. The minimum atomic E-state index is -0.124. The smallest absolute Gasteiger partial charge is 0.255 e. The second kappa shape index (κ2) is 3.73. The minimum Gasteiger partial charge on any atom is -0.493 e. The molecule has 1 amide bonds. The fourth-order valence-corrected chi connectivity index (χ4v) is 2.22. The van der Waals surface area contributed by atoms with Crippen molar-refractivity contribution in [3.05, 3.63) is 21.7 Å². The van der Waals surface area contributed by atoms with Gasteiger partial charge >= 0.3 is 0 Å². The maximum atomic E-state index is 11.6. The van der Waals surface area contributed by atoms with E-state index in [0.717, 1.165) is 10.0 Å². The van der Waals surface area contributed by atoms with Crippen LogP contribution in [0.25, 0.3) is 0 Å². The van der Waals surface area contributed by atoms with Gasteiger partial charge in [0.05, 0.1) is 19.8 Å². The zero-order valence-electron chi connectivity index (χ0n) is 8.39. The average molecular weight is 272 g/mol. The van der Waals surface area contributed by atoms with Crippen LogP contribution in [0.15, 0.2) is 10.5 Å². The van der Waals surface area contributed by atoms with Crippen molar-refractivity contribution in [2.75, 3.05) is 14.2 Å². The summed E-state index contributed by atoms with van der Waals surface area (Å²) in [7, 11) is 3.07. The summed E-state index contributed by atoms with van der Waals surface area (Å²) >= 11 is 3.40. The lowest BCUT2D eigenvalue weighted by molar-refractivity contribution is 0.0962. The quantitative estimate of drug-likeness (QED) is 0.891. The molecule has 0 spiro atoms. The Labute approximate surface area is 95.7 Å². The molecule has 80 valence electrons. The molecule has 0 aliphatic carbocycles. The van der Waals surface area contributed by atoms with Crippen molar-refractivity contribution in [1.82, 2.24) is 5.32 Å². The van der Waals surface area contributed by atoms with Crippen LogP contribution in [-0.4, -0.2) is 20.1 Å². The molecule has 1 aliphatic heterocycles. The van der Waals surface area contributed by atoms with Gasteiger partial charge in [-0.15, -0.1) is 0 Å². The molecule has 0 radical (unpaired) electrons. The van der Waals surface area contributed by atoms with Crippen molar-refractivity contribution in [3.63, 3.8) is 0 Å². The summed E-state index contributed by atoms with van der Waals surface area (Å²) in [6.45, 7) is 0.523. The number of hydrogen-bond acceptors (Lipinski definition) is 3. The molecule has 4 nitrogen and oxygen atoms in total. The predicted octanol–water partition coefficient (Wildman–Crippen LogP) is 1.71. The SMILES string of the molecule is COc1cc(Br)c2c(c1OC)C(=O)NC2. The van der Waals surface area contributed by atoms with Gasteiger partial charge in [-0.05, 0) is 6.07 Å². The molecule has 5 heteroatoms. The van der Waals surface area contributed by atoms with Crippen LogP contribution in [0.1, 0.15) is 15.9 Å². The fourth-order valence-electron chi connectivity index (χ4n) is 1.67. The summed E-state index contributed by atoms with van der Waals surface area (Å²) in [5, 5.41) is 2.75. The molecule has 1 aromatic rings. The van der Waals surface area contributed by atoms with Gasteiger partial charge in [0, 0.05) is 16.6 Å². The highest BCUT2D eigenvalue weighted by molar-refractivity contribution is 9.10. The zero-order chi connectivity index (χ0) is 11.0. The number of carbonyl (C=O) groups excluding carboxylic acids is 1. The summed E-state index contributed by atoms with van der Waals surface area (Å²) < 4.78 is 11.2. The Hall–Kier alpha value is -1.23. The Bertz CT molecular complexity index is 431. The molecule has 0 fully saturated rings. The highest BCUT2D eigenvalue weighted by Gasteiger charge is 2.28. The van der Waals surface area contributed by atoms with Crippen LogP contribution in [0.2, 0.25) is 0 Å². The monoisotopic (exact) mass is 271 g/mol. The number of carbonyl (C=O) groups is 1. The van der Waals surface area contributed by atoms with Gasteiger partial charge in [0.25, 0.3) is 5.91 Å². The third-order valence-corrected chi connectivity index (χ3v) is 3.08. The second-order valence-electron chi connectivity index (χ2n) is 3.13. The first-order chi connectivity index (χ1) is 7.19. The van der Waals surface area contributed by atoms with E-state index in [4.69, 9.17) is 9.47 Å². The highest BCUT2D eigenvalue weighted by atomic mass is 79.9. The molecular formula is C10H10BrNO3. The Balaban J connectivity index is 2.71.